The zero-order valence-corrected chi connectivity index (χ0v) is 17.7. The standard InChI is InChI=1S/C24H27NO6/c1-24(2)30-17-22(31-24)21(29-16-18-10-5-3-6-11-18)15-9-14-20(25(27)28)23(26)19-12-7-4-8-13-19/h3-13,15,20-22H,14,16-17H2,1-2H3/b15-9+/t20?,21-,22-/m1/s1. The zero-order chi connectivity index (χ0) is 22.3. The Balaban J connectivity index is 1.69. The Morgan fingerprint density at radius 3 is 2.42 bits per heavy atom. The normalized spacial score (nSPS) is 19.9. The van der Waals surface area contributed by atoms with E-state index in [1.54, 1.807) is 42.5 Å². The molecular weight excluding hydrogens is 398 g/mol. The van der Waals surface area contributed by atoms with Crippen LogP contribution in [0, 0.1) is 10.1 Å². The number of carbonyl (C=O) groups is 1. The van der Waals surface area contributed by atoms with E-state index in [2.05, 4.69) is 0 Å². The molecule has 1 aliphatic rings. The topological polar surface area (TPSA) is 87.9 Å². The van der Waals surface area contributed by atoms with Gasteiger partial charge in [-0.15, -0.1) is 0 Å². The number of hydrogen-bond donors (Lipinski definition) is 0. The highest BCUT2D eigenvalue weighted by Gasteiger charge is 2.37. The number of Topliss-reactive ketones (excluding diaryl/α,β-unsaturated/α-hetero) is 1. The predicted molar refractivity (Wildman–Crippen MR) is 115 cm³/mol. The van der Waals surface area contributed by atoms with Gasteiger partial charge in [0.25, 0.3) is 6.04 Å². The molecule has 0 saturated carbocycles. The summed E-state index contributed by atoms with van der Waals surface area (Å²) >= 11 is 0. The lowest BCUT2D eigenvalue weighted by molar-refractivity contribution is -0.504. The largest absolute Gasteiger partial charge is 0.367 e. The number of hydrogen-bond acceptors (Lipinski definition) is 6. The van der Waals surface area contributed by atoms with Crippen LogP contribution >= 0.6 is 0 Å². The van der Waals surface area contributed by atoms with E-state index in [1.165, 1.54) is 0 Å². The molecule has 31 heavy (non-hydrogen) atoms. The van der Waals surface area contributed by atoms with Crippen molar-refractivity contribution >= 4 is 5.78 Å². The summed E-state index contributed by atoms with van der Waals surface area (Å²) in [5.74, 6) is -1.24. The Morgan fingerprint density at radius 1 is 1.19 bits per heavy atom. The molecule has 0 radical (unpaired) electrons. The van der Waals surface area contributed by atoms with Crippen molar-refractivity contribution < 1.29 is 23.9 Å². The molecule has 0 amide bonds. The third kappa shape index (κ3) is 6.55. The van der Waals surface area contributed by atoms with Crippen LogP contribution in [0.2, 0.25) is 0 Å². The summed E-state index contributed by atoms with van der Waals surface area (Å²) < 4.78 is 17.6. The maximum Gasteiger partial charge on any atom is 0.278 e. The van der Waals surface area contributed by atoms with E-state index in [9.17, 15) is 14.9 Å². The first-order valence-corrected chi connectivity index (χ1v) is 10.2. The van der Waals surface area contributed by atoms with Gasteiger partial charge in [-0.1, -0.05) is 72.8 Å². The molecule has 1 heterocycles. The van der Waals surface area contributed by atoms with Gasteiger partial charge in [0.15, 0.2) is 5.79 Å². The molecule has 3 rings (SSSR count). The Labute approximate surface area is 181 Å². The number of nitro groups is 1. The van der Waals surface area contributed by atoms with Crippen LogP contribution in [-0.2, 0) is 20.8 Å². The summed E-state index contributed by atoms with van der Waals surface area (Å²) in [6.07, 6.45) is 2.49. The van der Waals surface area contributed by atoms with Crippen LogP contribution in [-0.4, -0.2) is 41.4 Å². The molecule has 1 saturated heterocycles. The molecule has 7 nitrogen and oxygen atoms in total. The smallest absolute Gasteiger partial charge is 0.278 e. The number of carbonyl (C=O) groups excluding carboxylic acids is 1. The molecule has 0 N–H and O–H groups in total. The van der Waals surface area contributed by atoms with Gasteiger partial charge in [-0.2, -0.15) is 0 Å². The predicted octanol–water partition coefficient (Wildman–Crippen LogP) is 4.20. The van der Waals surface area contributed by atoms with Gasteiger partial charge in [0.1, 0.15) is 12.2 Å². The lowest BCUT2D eigenvalue weighted by Gasteiger charge is -2.22. The minimum absolute atomic E-state index is 0.0388. The van der Waals surface area contributed by atoms with Crippen LogP contribution in [0.3, 0.4) is 0 Å². The van der Waals surface area contributed by atoms with E-state index in [4.69, 9.17) is 14.2 Å². The minimum atomic E-state index is -1.36. The van der Waals surface area contributed by atoms with E-state index < -0.39 is 28.6 Å². The second-order valence-electron chi connectivity index (χ2n) is 7.82. The van der Waals surface area contributed by atoms with Gasteiger partial charge in [-0.25, -0.2) is 0 Å². The molecule has 164 valence electrons. The fourth-order valence-corrected chi connectivity index (χ4v) is 3.36. The summed E-state index contributed by atoms with van der Waals surface area (Å²) in [7, 11) is 0. The van der Waals surface area contributed by atoms with Gasteiger partial charge in [0.05, 0.1) is 13.2 Å². The van der Waals surface area contributed by atoms with Gasteiger partial charge in [0, 0.05) is 16.9 Å². The summed E-state index contributed by atoms with van der Waals surface area (Å²) in [6.45, 7) is 4.36. The molecule has 1 aliphatic heterocycles. The van der Waals surface area contributed by atoms with E-state index in [-0.39, 0.29) is 12.5 Å². The molecule has 0 spiro atoms. The van der Waals surface area contributed by atoms with E-state index in [0.29, 0.717) is 18.8 Å². The lowest BCUT2D eigenvalue weighted by atomic mass is 10.0. The van der Waals surface area contributed by atoms with Gasteiger partial charge in [0.2, 0.25) is 5.78 Å². The van der Waals surface area contributed by atoms with E-state index in [1.807, 2.05) is 44.2 Å². The Hall–Kier alpha value is -2.87. The fourth-order valence-electron chi connectivity index (χ4n) is 3.36. The van der Waals surface area contributed by atoms with Gasteiger partial charge < -0.3 is 14.2 Å². The first-order valence-electron chi connectivity index (χ1n) is 10.2. The van der Waals surface area contributed by atoms with Crippen molar-refractivity contribution in [2.45, 2.75) is 50.9 Å². The third-order valence-electron chi connectivity index (χ3n) is 4.98. The van der Waals surface area contributed by atoms with Crippen molar-refractivity contribution in [2.24, 2.45) is 0 Å². The number of rotatable bonds is 10. The molecule has 1 fully saturated rings. The summed E-state index contributed by atoms with van der Waals surface area (Å²) in [6, 6.07) is 16.6. The van der Waals surface area contributed by atoms with Crippen molar-refractivity contribution in [3.05, 3.63) is 94.1 Å². The third-order valence-corrected chi connectivity index (χ3v) is 4.98. The van der Waals surface area contributed by atoms with Crippen LogP contribution in [0.5, 0.6) is 0 Å². The van der Waals surface area contributed by atoms with Crippen LogP contribution in [0.1, 0.15) is 36.2 Å². The van der Waals surface area contributed by atoms with E-state index in [0.717, 1.165) is 5.56 Å². The van der Waals surface area contributed by atoms with Crippen LogP contribution in [0.4, 0.5) is 0 Å². The molecule has 0 bridgehead atoms. The van der Waals surface area contributed by atoms with Gasteiger partial charge in [-0.3, -0.25) is 14.9 Å². The van der Waals surface area contributed by atoms with Crippen LogP contribution in [0.15, 0.2) is 72.8 Å². The second-order valence-corrected chi connectivity index (χ2v) is 7.82. The Kier molecular flexibility index (Phi) is 7.68. The molecule has 7 heteroatoms. The van der Waals surface area contributed by atoms with Crippen LogP contribution in [0.25, 0.3) is 0 Å². The summed E-state index contributed by atoms with van der Waals surface area (Å²) in [4.78, 5) is 23.5. The van der Waals surface area contributed by atoms with Gasteiger partial charge in [-0.05, 0) is 19.4 Å². The zero-order valence-electron chi connectivity index (χ0n) is 17.7. The first kappa shape index (κ1) is 22.8. The Morgan fingerprint density at radius 2 is 1.84 bits per heavy atom. The maximum atomic E-state index is 12.6. The molecular formula is C24H27NO6. The Bertz CT molecular complexity index is 897. The lowest BCUT2D eigenvalue weighted by Crippen LogP contribution is -2.32. The average Bonchev–Trinajstić information content (AvgIpc) is 3.13. The fraction of sp³-hybridized carbons (Fsp3) is 0.375. The first-order chi connectivity index (χ1) is 14.9. The number of benzene rings is 2. The summed E-state index contributed by atoms with van der Waals surface area (Å²) in [5.41, 5.74) is 1.32. The number of nitrogens with zero attached hydrogens (tertiary/aromatic N) is 1. The number of ketones is 1. The van der Waals surface area contributed by atoms with Crippen molar-refractivity contribution in [3.8, 4) is 0 Å². The summed E-state index contributed by atoms with van der Waals surface area (Å²) in [5, 5.41) is 11.5. The molecule has 1 unspecified atom stereocenters. The van der Waals surface area contributed by atoms with Crippen molar-refractivity contribution in [3.63, 3.8) is 0 Å². The maximum absolute atomic E-state index is 12.6. The molecule has 2 aromatic carbocycles. The number of ether oxygens (including phenoxy) is 3. The highest BCUT2D eigenvalue weighted by molar-refractivity contribution is 5.99. The minimum Gasteiger partial charge on any atom is -0.367 e. The second kappa shape index (κ2) is 10.4. The SMILES string of the molecule is CC1(C)OC[C@H]([C@@H](/C=C/CC(C(=O)c2ccccc2)[N+](=O)[O-])OCc2ccccc2)O1. The average molecular weight is 425 g/mol. The van der Waals surface area contributed by atoms with E-state index >= 15 is 0 Å². The van der Waals surface area contributed by atoms with Crippen molar-refractivity contribution in [2.75, 3.05) is 6.61 Å². The molecule has 3 atom stereocenters. The molecule has 2 aromatic rings. The molecule has 0 aliphatic carbocycles. The van der Waals surface area contributed by atoms with Gasteiger partial charge >= 0.3 is 0 Å². The van der Waals surface area contributed by atoms with Crippen molar-refractivity contribution in [1.29, 1.82) is 0 Å². The monoisotopic (exact) mass is 425 g/mol. The van der Waals surface area contributed by atoms with Crippen LogP contribution < -0.4 is 0 Å². The quantitative estimate of drug-likeness (QED) is 0.245. The highest BCUT2D eigenvalue weighted by Crippen LogP contribution is 2.26. The highest BCUT2D eigenvalue weighted by atomic mass is 16.7. The van der Waals surface area contributed by atoms with Crippen molar-refractivity contribution in [1.82, 2.24) is 0 Å². The molecule has 0 aromatic heterocycles.